The van der Waals surface area contributed by atoms with Crippen molar-refractivity contribution < 1.29 is 9.47 Å². The van der Waals surface area contributed by atoms with Gasteiger partial charge in [0.05, 0.1) is 23.7 Å². The summed E-state index contributed by atoms with van der Waals surface area (Å²) in [6.07, 6.45) is 18.6. The summed E-state index contributed by atoms with van der Waals surface area (Å²) >= 11 is 0. The zero-order valence-corrected chi connectivity index (χ0v) is 17.3. The summed E-state index contributed by atoms with van der Waals surface area (Å²) in [5, 5.41) is 9.67. The van der Waals surface area contributed by atoms with Gasteiger partial charge in [0.2, 0.25) is 0 Å². The molecule has 0 aromatic heterocycles. The smallest absolute Gasteiger partial charge is 0.147 e. The molecule has 2 saturated carbocycles. The van der Waals surface area contributed by atoms with Crippen LogP contribution in [0.25, 0.3) is 0 Å². The third-order valence-electron chi connectivity index (χ3n) is 6.73. The van der Waals surface area contributed by atoms with Crippen molar-refractivity contribution in [3.8, 4) is 6.07 Å². The van der Waals surface area contributed by atoms with Gasteiger partial charge in [-0.25, -0.2) is 0 Å². The molecule has 2 aliphatic carbocycles. The van der Waals surface area contributed by atoms with E-state index >= 15 is 0 Å². The molecule has 0 unspecified atom stereocenters. The van der Waals surface area contributed by atoms with E-state index in [1.165, 1.54) is 64.2 Å². The van der Waals surface area contributed by atoms with Crippen molar-refractivity contribution in [1.82, 2.24) is 0 Å². The summed E-state index contributed by atoms with van der Waals surface area (Å²) in [5.41, 5.74) is -0.0773. The van der Waals surface area contributed by atoms with Crippen LogP contribution in [0.5, 0.6) is 0 Å². The summed E-state index contributed by atoms with van der Waals surface area (Å²) in [5.74, 6) is 0.926. The molecule has 0 spiro atoms. The van der Waals surface area contributed by atoms with Gasteiger partial charge in [0, 0.05) is 0 Å². The zero-order valence-electron chi connectivity index (χ0n) is 17.3. The minimum Gasteiger partial charge on any atom is -0.352 e. The van der Waals surface area contributed by atoms with E-state index in [9.17, 15) is 5.26 Å². The van der Waals surface area contributed by atoms with E-state index in [0.717, 1.165) is 38.0 Å². The van der Waals surface area contributed by atoms with Gasteiger partial charge in [0.1, 0.15) is 6.79 Å². The van der Waals surface area contributed by atoms with Gasteiger partial charge in [-0.3, -0.25) is 0 Å². The third-order valence-corrected chi connectivity index (χ3v) is 6.73. The van der Waals surface area contributed by atoms with E-state index in [0.29, 0.717) is 19.0 Å². The Hall–Kier alpha value is -0.590. The SMILES string of the molecule is CCCCCCC1(C#N)CCC(OCOC2CCC(CCC)CC2)CC1. The first-order valence-electron chi connectivity index (χ1n) is 11.4. The number of ether oxygens (including phenoxy) is 2. The number of hydrogen-bond donors (Lipinski definition) is 0. The molecular formula is C23H41NO2. The Morgan fingerprint density at radius 1 is 0.846 bits per heavy atom. The third kappa shape index (κ3) is 7.20. The number of rotatable bonds is 11. The normalized spacial score (nSPS) is 32.3. The maximum Gasteiger partial charge on any atom is 0.147 e. The maximum absolute atomic E-state index is 9.67. The summed E-state index contributed by atoms with van der Waals surface area (Å²) in [6, 6.07) is 2.65. The number of nitriles is 1. The van der Waals surface area contributed by atoms with E-state index < -0.39 is 0 Å². The van der Waals surface area contributed by atoms with Crippen molar-refractivity contribution in [2.75, 3.05) is 6.79 Å². The molecule has 3 heteroatoms. The topological polar surface area (TPSA) is 42.2 Å². The van der Waals surface area contributed by atoms with Crippen LogP contribution in [0.3, 0.4) is 0 Å². The second-order valence-electron chi connectivity index (χ2n) is 8.78. The van der Waals surface area contributed by atoms with E-state index in [-0.39, 0.29) is 5.41 Å². The molecule has 0 aromatic rings. The molecule has 3 nitrogen and oxygen atoms in total. The molecule has 0 amide bonds. The van der Waals surface area contributed by atoms with Gasteiger partial charge in [-0.05, 0) is 63.7 Å². The van der Waals surface area contributed by atoms with Crippen LogP contribution < -0.4 is 0 Å². The number of nitrogens with zero attached hydrogens (tertiary/aromatic N) is 1. The molecule has 0 atom stereocenters. The second-order valence-corrected chi connectivity index (χ2v) is 8.78. The van der Waals surface area contributed by atoms with Crippen molar-refractivity contribution >= 4 is 0 Å². The molecule has 0 aromatic carbocycles. The minimum atomic E-state index is -0.0773. The summed E-state index contributed by atoms with van der Waals surface area (Å²) in [7, 11) is 0. The first kappa shape index (κ1) is 21.7. The van der Waals surface area contributed by atoms with Gasteiger partial charge in [-0.2, -0.15) is 5.26 Å². The van der Waals surface area contributed by atoms with Crippen LogP contribution in [0.4, 0.5) is 0 Å². The van der Waals surface area contributed by atoms with E-state index in [1.54, 1.807) is 0 Å². The molecule has 0 radical (unpaired) electrons. The fraction of sp³-hybridized carbons (Fsp3) is 0.957. The Kier molecular flexibility index (Phi) is 10.0. The molecule has 2 fully saturated rings. The average molecular weight is 364 g/mol. The highest BCUT2D eigenvalue weighted by Gasteiger charge is 2.35. The highest BCUT2D eigenvalue weighted by atomic mass is 16.7. The quantitative estimate of drug-likeness (QED) is 0.301. The van der Waals surface area contributed by atoms with Crippen LogP contribution in [0.2, 0.25) is 0 Å². The molecule has 150 valence electrons. The molecule has 0 aliphatic heterocycles. The van der Waals surface area contributed by atoms with Crippen LogP contribution in [-0.2, 0) is 9.47 Å². The fourth-order valence-corrected chi connectivity index (χ4v) is 4.85. The van der Waals surface area contributed by atoms with Gasteiger partial charge in [-0.15, -0.1) is 0 Å². The molecular weight excluding hydrogens is 322 g/mol. The van der Waals surface area contributed by atoms with Gasteiger partial charge >= 0.3 is 0 Å². The highest BCUT2D eigenvalue weighted by molar-refractivity contribution is 5.01. The standard InChI is InChI=1S/C23H41NO2/c1-3-5-6-7-15-23(18-24)16-13-22(14-17-23)26-19-25-21-11-9-20(8-4-2)10-12-21/h20-22H,3-17,19H2,1-2H3. The molecule has 2 aliphatic rings. The lowest BCUT2D eigenvalue weighted by molar-refractivity contribution is -0.137. The minimum absolute atomic E-state index is 0.0773. The lowest BCUT2D eigenvalue weighted by Crippen LogP contribution is -2.31. The average Bonchev–Trinajstić information content (AvgIpc) is 2.68. The van der Waals surface area contributed by atoms with Crippen LogP contribution in [-0.4, -0.2) is 19.0 Å². The Morgan fingerprint density at radius 2 is 1.50 bits per heavy atom. The number of unbranched alkanes of at least 4 members (excludes halogenated alkanes) is 3. The van der Waals surface area contributed by atoms with Crippen molar-refractivity contribution in [2.24, 2.45) is 11.3 Å². The Bertz CT molecular complexity index is 401. The molecule has 0 bridgehead atoms. The molecule has 26 heavy (non-hydrogen) atoms. The predicted molar refractivity (Wildman–Crippen MR) is 107 cm³/mol. The Morgan fingerprint density at radius 3 is 2.08 bits per heavy atom. The van der Waals surface area contributed by atoms with Gasteiger partial charge in [0.15, 0.2) is 0 Å². The highest BCUT2D eigenvalue weighted by Crippen LogP contribution is 2.41. The van der Waals surface area contributed by atoms with Crippen molar-refractivity contribution in [3.05, 3.63) is 0 Å². The van der Waals surface area contributed by atoms with Crippen LogP contribution in [0.15, 0.2) is 0 Å². The molecule has 0 heterocycles. The Balaban J connectivity index is 1.58. The monoisotopic (exact) mass is 363 g/mol. The first-order valence-corrected chi connectivity index (χ1v) is 11.4. The van der Waals surface area contributed by atoms with Crippen molar-refractivity contribution in [1.29, 1.82) is 5.26 Å². The van der Waals surface area contributed by atoms with Gasteiger partial charge in [0.25, 0.3) is 0 Å². The van der Waals surface area contributed by atoms with Crippen molar-refractivity contribution in [2.45, 2.75) is 122 Å². The van der Waals surface area contributed by atoms with Gasteiger partial charge in [-0.1, -0.05) is 52.4 Å². The molecule has 0 saturated heterocycles. The van der Waals surface area contributed by atoms with Gasteiger partial charge < -0.3 is 9.47 Å². The first-order chi connectivity index (χ1) is 12.7. The summed E-state index contributed by atoms with van der Waals surface area (Å²) < 4.78 is 12.0. The van der Waals surface area contributed by atoms with Crippen LogP contribution in [0, 0.1) is 22.7 Å². The largest absolute Gasteiger partial charge is 0.352 e. The van der Waals surface area contributed by atoms with E-state index in [2.05, 4.69) is 19.9 Å². The fourth-order valence-electron chi connectivity index (χ4n) is 4.85. The summed E-state index contributed by atoms with van der Waals surface area (Å²) in [6.45, 7) is 4.97. The second kappa shape index (κ2) is 12.0. The lowest BCUT2D eigenvalue weighted by atomic mass is 9.71. The molecule has 2 rings (SSSR count). The van der Waals surface area contributed by atoms with Crippen molar-refractivity contribution in [3.63, 3.8) is 0 Å². The molecule has 0 N–H and O–H groups in total. The number of hydrogen-bond acceptors (Lipinski definition) is 3. The van der Waals surface area contributed by atoms with Crippen LogP contribution >= 0.6 is 0 Å². The van der Waals surface area contributed by atoms with E-state index in [4.69, 9.17) is 9.47 Å². The summed E-state index contributed by atoms with van der Waals surface area (Å²) in [4.78, 5) is 0. The maximum atomic E-state index is 9.67. The predicted octanol–water partition coefficient (Wildman–Crippen LogP) is 6.76. The lowest BCUT2D eigenvalue weighted by Gasteiger charge is -2.35. The zero-order chi connectivity index (χ0) is 18.7. The Labute approximate surface area is 161 Å². The van der Waals surface area contributed by atoms with E-state index in [1.807, 2.05) is 0 Å². The van der Waals surface area contributed by atoms with Crippen LogP contribution in [0.1, 0.15) is 110 Å².